The van der Waals surface area contributed by atoms with Gasteiger partial charge in [0.2, 0.25) is 0 Å². The zero-order chi connectivity index (χ0) is 10.6. The van der Waals surface area contributed by atoms with E-state index in [0.29, 0.717) is 0 Å². The average Bonchev–Trinajstić information content (AvgIpc) is 2.17. The van der Waals surface area contributed by atoms with Gasteiger partial charge in [-0.05, 0) is 12.5 Å². The van der Waals surface area contributed by atoms with Gasteiger partial charge in [-0.1, -0.05) is 30.3 Å². The van der Waals surface area contributed by atoms with E-state index in [1.54, 1.807) is 6.92 Å². The van der Waals surface area contributed by atoms with E-state index in [9.17, 15) is 4.79 Å². The van der Waals surface area contributed by atoms with Crippen molar-refractivity contribution in [3.8, 4) is 0 Å². The lowest BCUT2D eigenvalue weighted by atomic mass is 10.0. The van der Waals surface area contributed by atoms with Gasteiger partial charge in [-0.3, -0.25) is 0 Å². The van der Waals surface area contributed by atoms with Crippen molar-refractivity contribution in [3.05, 3.63) is 35.9 Å². The molecule has 2 atom stereocenters. The molecule has 1 aromatic rings. The maximum absolute atomic E-state index is 10.4. The first-order chi connectivity index (χ1) is 6.61. The zero-order valence-electron chi connectivity index (χ0n) is 7.97. The molecule has 4 N–H and O–H groups in total. The fourth-order valence-electron chi connectivity index (χ4n) is 1.25. The summed E-state index contributed by atoms with van der Waals surface area (Å²) < 4.78 is 0. The van der Waals surface area contributed by atoms with Gasteiger partial charge in [-0.25, -0.2) is 4.79 Å². The molecular weight excluding hydrogens is 180 g/mol. The van der Waals surface area contributed by atoms with Crippen molar-refractivity contribution in [1.82, 2.24) is 5.32 Å². The molecule has 1 rings (SSSR count). The summed E-state index contributed by atoms with van der Waals surface area (Å²) in [5, 5.41) is 10.8. The highest BCUT2D eigenvalue weighted by molar-refractivity contribution is 5.64. The van der Waals surface area contributed by atoms with Crippen LogP contribution in [0.25, 0.3) is 0 Å². The van der Waals surface area contributed by atoms with Crippen molar-refractivity contribution in [2.75, 3.05) is 0 Å². The van der Waals surface area contributed by atoms with Crippen LogP contribution in [-0.2, 0) is 0 Å². The van der Waals surface area contributed by atoms with Gasteiger partial charge in [0.25, 0.3) is 0 Å². The fraction of sp³-hybridized carbons (Fsp3) is 0.300. The summed E-state index contributed by atoms with van der Waals surface area (Å²) >= 11 is 0. The van der Waals surface area contributed by atoms with Gasteiger partial charge in [0, 0.05) is 12.1 Å². The van der Waals surface area contributed by atoms with E-state index in [4.69, 9.17) is 10.8 Å². The van der Waals surface area contributed by atoms with Crippen LogP contribution in [0, 0.1) is 0 Å². The molecular formula is C10H14N2O2. The molecule has 4 nitrogen and oxygen atoms in total. The monoisotopic (exact) mass is 194 g/mol. The summed E-state index contributed by atoms with van der Waals surface area (Å²) in [7, 11) is 0. The third-order valence-electron chi connectivity index (χ3n) is 2.07. The summed E-state index contributed by atoms with van der Waals surface area (Å²) in [6.07, 6.45) is -1.05. The highest BCUT2D eigenvalue weighted by Gasteiger charge is 2.15. The second-order valence-electron chi connectivity index (χ2n) is 3.17. The molecule has 76 valence electrons. The first-order valence-electron chi connectivity index (χ1n) is 4.41. The lowest BCUT2D eigenvalue weighted by Crippen LogP contribution is -2.39. The molecule has 0 radical (unpaired) electrons. The van der Waals surface area contributed by atoms with Crippen molar-refractivity contribution in [1.29, 1.82) is 0 Å². The summed E-state index contributed by atoms with van der Waals surface area (Å²) in [6.45, 7) is 1.74. The average molecular weight is 194 g/mol. The summed E-state index contributed by atoms with van der Waals surface area (Å²) in [5.74, 6) is 0. The predicted octanol–water partition coefficient (Wildman–Crippen LogP) is 1.34. The van der Waals surface area contributed by atoms with Crippen molar-refractivity contribution < 1.29 is 9.90 Å². The van der Waals surface area contributed by atoms with Crippen LogP contribution in [0.15, 0.2) is 30.3 Å². The molecule has 0 fully saturated rings. The van der Waals surface area contributed by atoms with Gasteiger partial charge in [0.15, 0.2) is 0 Å². The molecule has 0 saturated heterocycles. The molecule has 0 aromatic heterocycles. The molecule has 0 heterocycles. The van der Waals surface area contributed by atoms with Gasteiger partial charge in [-0.15, -0.1) is 0 Å². The van der Waals surface area contributed by atoms with Gasteiger partial charge in [-0.2, -0.15) is 0 Å². The highest BCUT2D eigenvalue weighted by Crippen LogP contribution is 2.12. The first kappa shape index (κ1) is 10.5. The summed E-state index contributed by atoms with van der Waals surface area (Å²) in [4.78, 5) is 10.4. The molecule has 0 bridgehead atoms. The van der Waals surface area contributed by atoms with Gasteiger partial charge in [0.1, 0.15) is 0 Å². The standard InChI is InChI=1S/C10H14N2O2/c1-7(12-10(13)14)9(11)8-5-3-2-4-6-8/h2-7,9,12H,11H2,1H3,(H,13,14). The molecule has 0 aliphatic rings. The predicted molar refractivity (Wildman–Crippen MR) is 54.0 cm³/mol. The Morgan fingerprint density at radius 1 is 1.43 bits per heavy atom. The third kappa shape index (κ3) is 2.74. The van der Waals surface area contributed by atoms with Gasteiger partial charge in [0.05, 0.1) is 0 Å². The Bertz CT molecular complexity index is 300. The van der Waals surface area contributed by atoms with Gasteiger partial charge < -0.3 is 16.2 Å². The van der Waals surface area contributed by atoms with Crippen molar-refractivity contribution in [2.24, 2.45) is 5.73 Å². The molecule has 1 amide bonds. The smallest absolute Gasteiger partial charge is 0.404 e. The molecule has 1 aromatic carbocycles. The van der Waals surface area contributed by atoms with E-state index in [2.05, 4.69) is 5.32 Å². The molecule has 0 aliphatic carbocycles. The summed E-state index contributed by atoms with van der Waals surface area (Å²) in [5.41, 5.74) is 6.79. The van der Waals surface area contributed by atoms with Crippen LogP contribution in [0.2, 0.25) is 0 Å². The second kappa shape index (κ2) is 4.62. The summed E-state index contributed by atoms with van der Waals surface area (Å²) in [6, 6.07) is 8.80. The number of nitrogens with two attached hydrogens (primary N) is 1. The van der Waals surface area contributed by atoms with Gasteiger partial charge >= 0.3 is 6.09 Å². The maximum Gasteiger partial charge on any atom is 0.404 e. The lowest BCUT2D eigenvalue weighted by Gasteiger charge is -2.19. The molecule has 0 saturated carbocycles. The van der Waals surface area contributed by atoms with E-state index >= 15 is 0 Å². The SMILES string of the molecule is CC(NC(=O)O)C(N)c1ccccc1. The largest absolute Gasteiger partial charge is 0.465 e. The van der Waals surface area contributed by atoms with Crippen molar-refractivity contribution in [3.63, 3.8) is 0 Å². The van der Waals surface area contributed by atoms with Crippen LogP contribution in [-0.4, -0.2) is 17.2 Å². The number of hydrogen-bond donors (Lipinski definition) is 3. The Hall–Kier alpha value is -1.55. The second-order valence-corrected chi connectivity index (χ2v) is 3.17. The number of nitrogens with one attached hydrogen (secondary N) is 1. The molecule has 2 unspecified atom stereocenters. The van der Waals surface area contributed by atoms with E-state index < -0.39 is 6.09 Å². The molecule has 0 spiro atoms. The molecule has 4 heteroatoms. The number of carboxylic acid groups (broad SMARTS) is 1. The normalized spacial score (nSPS) is 14.4. The van der Waals surface area contributed by atoms with Crippen LogP contribution in [0.1, 0.15) is 18.5 Å². The van der Waals surface area contributed by atoms with Crippen LogP contribution in [0.4, 0.5) is 4.79 Å². The van der Waals surface area contributed by atoms with Crippen LogP contribution < -0.4 is 11.1 Å². The van der Waals surface area contributed by atoms with Crippen molar-refractivity contribution >= 4 is 6.09 Å². The van der Waals surface area contributed by atoms with E-state index in [-0.39, 0.29) is 12.1 Å². The molecule has 14 heavy (non-hydrogen) atoms. The lowest BCUT2D eigenvalue weighted by molar-refractivity contribution is 0.189. The topological polar surface area (TPSA) is 75.3 Å². The van der Waals surface area contributed by atoms with Crippen LogP contribution in [0.5, 0.6) is 0 Å². The van der Waals surface area contributed by atoms with E-state index in [0.717, 1.165) is 5.56 Å². The Balaban J connectivity index is 2.65. The minimum atomic E-state index is -1.05. The maximum atomic E-state index is 10.4. The number of amides is 1. The Labute approximate surface area is 82.7 Å². The molecule has 0 aliphatic heterocycles. The zero-order valence-corrected chi connectivity index (χ0v) is 7.97. The Kier molecular flexibility index (Phi) is 3.48. The quantitative estimate of drug-likeness (QED) is 0.679. The van der Waals surface area contributed by atoms with E-state index in [1.165, 1.54) is 0 Å². The number of benzene rings is 1. The highest BCUT2D eigenvalue weighted by atomic mass is 16.4. The number of rotatable bonds is 3. The fourth-order valence-corrected chi connectivity index (χ4v) is 1.25. The Morgan fingerprint density at radius 2 is 2.00 bits per heavy atom. The van der Waals surface area contributed by atoms with Crippen LogP contribution >= 0.6 is 0 Å². The van der Waals surface area contributed by atoms with Crippen molar-refractivity contribution in [2.45, 2.75) is 19.0 Å². The number of carbonyl (C=O) groups is 1. The van der Waals surface area contributed by atoms with E-state index in [1.807, 2.05) is 30.3 Å². The third-order valence-corrected chi connectivity index (χ3v) is 2.07. The minimum Gasteiger partial charge on any atom is -0.465 e. The Morgan fingerprint density at radius 3 is 2.50 bits per heavy atom. The first-order valence-corrected chi connectivity index (χ1v) is 4.41. The number of hydrogen-bond acceptors (Lipinski definition) is 2. The minimum absolute atomic E-state index is 0.296. The van der Waals surface area contributed by atoms with Crippen LogP contribution in [0.3, 0.4) is 0 Å².